The van der Waals surface area contributed by atoms with Gasteiger partial charge in [-0.3, -0.25) is 4.79 Å². The molecule has 154 valence electrons. The zero-order chi connectivity index (χ0) is 20.7. The first-order valence-electron chi connectivity index (χ1n) is 10.6. The first-order valence-corrected chi connectivity index (χ1v) is 11.5. The largest absolute Gasteiger partial charge is 0.507 e. The highest BCUT2D eigenvalue weighted by atomic mass is 32.1. The summed E-state index contributed by atoms with van der Waals surface area (Å²) in [6.45, 7) is 4.85. The number of rotatable bonds is 4. The summed E-state index contributed by atoms with van der Waals surface area (Å²) in [6, 6.07) is 9.66. The smallest absolute Gasteiger partial charge is 0.202 e. The molecule has 0 aliphatic carbocycles. The van der Waals surface area contributed by atoms with E-state index in [9.17, 15) is 9.90 Å². The molecule has 5 nitrogen and oxygen atoms in total. The number of aromatic nitrogens is 1. The Kier molecular flexibility index (Phi) is 5.05. The van der Waals surface area contributed by atoms with Crippen LogP contribution in [0.3, 0.4) is 0 Å². The van der Waals surface area contributed by atoms with Crippen molar-refractivity contribution in [2.75, 3.05) is 13.1 Å². The van der Waals surface area contributed by atoms with E-state index in [1.54, 1.807) is 6.07 Å². The second kappa shape index (κ2) is 7.85. The SMILES string of the molecule is CCc1cc2c(=O)c(-c3nc4ccccc4s3)coc2c(C[NH+]2CCCCC2)c1O. The zero-order valence-corrected chi connectivity index (χ0v) is 17.8. The van der Waals surface area contributed by atoms with E-state index in [0.29, 0.717) is 34.5 Å². The van der Waals surface area contributed by atoms with Crippen LogP contribution in [0.5, 0.6) is 5.75 Å². The van der Waals surface area contributed by atoms with Crippen molar-refractivity contribution in [2.24, 2.45) is 0 Å². The van der Waals surface area contributed by atoms with Gasteiger partial charge in [0.1, 0.15) is 29.1 Å². The van der Waals surface area contributed by atoms with Gasteiger partial charge in [-0.15, -0.1) is 11.3 Å². The molecule has 2 aromatic carbocycles. The molecule has 6 heteroatoms. The molecule has 0 atom stereocenters. The van der Waals surface area contributed by atoms with Crippen LogP contribution in [0.2, 0.25) is 0 Å². The summed E-state index contributed by atoms with van der Waals surface area (Å²) in [5.41, 5.74) is 3.34. The van der Waals surface area contributed by atoms with E-state index in [1.165, 1.54) is 41.8 Å². The summed E-state index contributed by atoms with van der Waals surface area (Å²) in [5, 5.41) is 12.1. The van der Waals surface area contributed by atoms with E-state index in [2.05, 4.69) is 4.98 Å². The summed E-state index contributed by atoms with van der Waals surface area (Å²) in [5.74, 6) is 0.277. The van der Waals surface area contributed by atoms with Gasteiger partial charge in [-0.1, -0.05) is 19.1 Å². The molecule has 3 heterocycles. The molecule has 0 saturated carbocycles. The maximum atomic E-state index is 13.4. The van der Waals surface area contributed by atoms with Gasteiger partial charge in [0.25, 0.3) is 0 Å². The lowest BCUT2D eigenvalue weighted by Crippen LogP contribution is -3.11. The van der Waals surface area contributed by atoms with Gasteiger partial charge in [-0.25, -0.2) is 4.98 Å². The van der Waals surface area contributed by atoms with Gasteiger partial charge in [-0.05, 0) is 49.4 Å². The Morgan fingerprint density at radius 3 is 2.77 bits per heavy atom. The Hall–Kier alpha value is -2.70. The van der Waals surface area contributed by atoms with Crippen molar-refractivity contribution in [1.29, 1.82) is 0 Å². The highest BCUT2D eigenvalue weighted by molar-refractivity contribution is 7.21. The number of aryl methyl sites for hydroxylation is 1. The third-order valence-corrected chi connectivity index (χ3v) is 7.17. The van der Waals surface area contributed by atoms with Gasteiger partial charge in [-0.2, -0.15) is 0 Å². The van der Waals surface area contributed by atoms with E-state index in [-0.39, 0.29) is 11.2 Å². The highest BCUT2D eigenvalue weighted by Crippen LogP contribution is 2.33. The molecule has 0 bridgehead atoms. The van der Waals surface area contributed by atoms with Gasteiger partial charge >= 0.3 is 0 Å². The second-order valence-corrected chi connectivity index (χ2v) is 9.08. The molecule has 5 rings (SSSR count). The normalized spacial score (nSPS) is 15.2. The fraction of sp³-hybridized carbons (Fsp3) is 0.333. The number of quaternary nitrogens is 1. The topological polar surface area (TPSA) is 67.8 Å². The summed E-state index contributed by atoms with van der Waals surface area (Å²) in [4.78, 5) is 19.5. The number of benzene rings is 2. The number of phenols is 1. The number of para-hydroxylation sites is 1. The molecule has 1 saturated heterocycles. The van der Waals surface area contributed by atoms with Crippen molar-refractivity contribution in [3.8, 4) is 16.3 Å². The molecule has 1 fully saturated rings. The predicted molar refractivity (Wildman–Crippen MR) is 120 cm³/mol. The number of nitrogens with zero attached hydrogens (tertiary/aromatic N) is 1. The van der Waals surface area contributed by atoms with E-state index < -0.39 is 0 Å². The molecular formula is C24H25N2O3S+. The Balaban J connectivity index is 1.67. The quantitative estimate of drug-likeness (QED) is 0.524. The summed E-state index contributed by atoms with van der Waals surface area (Å²) in [6.07, 6.45) is 5.85. The van der Waals surface area contributed by atoms with Crippen LogP contribution < -0.4 is 10.3 Å². The average Bonchev–Trinajstić information content (AvgIpc) is 3.20. The van der Waals surface area contributed by atoms with Crippen LogP contribution >= 0.6 is 11.3 Å². The first kappa shape index (κ1) is 19.3. The van der Waals surface area contributed by atoms with E-state index >= 15 is 0 Å². The van der Waals surface area contributed by atoms with E-state index in [0.717, 1.165) is 34.4 Å². The molecule has 0 unspecified atom stereocenters. The van der Waals surface area contributed by atoms with Crippen LogP contribution in [0.1, 0.15) is 37.3 Å². The van der Waals surface area contributed by atoms with Gasteiger partial charge in [0, 0.05) is 0 Å². The van der Waals surface area contributed by atoms with Crippen molar-refractivity contribution in [3.05, 3.63) is 57.9 Å². The lowest BCUT2D eigenvalue weighted by molar-refractivity contribution is -0.918. The predicted octanol–water partition coefficient (Wildman–Crippen LogP) is 3.91. The molecule has 2 N–H and O–H groups in total. The van der Waals surface area contributed by atoms with Gasteiger partial charge < -0.3 is 14.4 Å². The lowest BCUT2D eigenvalue weighted by atomic mass is 10.00. The monoisotopic (exact) mass is 421 g/mol. The van der Waals surface area contributed by atoms with Gasteiger partial charge in [0.05, 0.1) is 39.8 Å². The Morgan fingerprint density at radius 2 is 2.00 bits per heavy atom. The summed E-state index contributed by atoms with van der Waals surface area (Å²) < 4.78 is 7.06. The number of fused-ring (bicyclic) bond motifs is 2. The van der Waals surface area contributed by atoms with Crippen molar-refractivity contribution in [3.63, 3.8) is 0 Å². The number of hydrogen-bond acceptors (Lipinski definition) is 5. The molecule has 1 aliphatic heterocycles. The zero-order valence-electron chi connectivity index (χ0n) is 17.0. The fourth-order valence-electron chi connectivity index (χ4n) is 4.44. The summed E-state index contributed by atoms with van der Waals surface area (Å²) >= 11 is 1.49. The molecular weight excluding hydrogens is 396 g/mol. The summed E-state index contributed by atoms with van der Waals surface area (Å²) in [7, 11) is 0. The highest BCUT2D eigenvalue weighted by Gasteiger charge is 2.23. The second-order valence-electron chi connectivity index (χ2n) is 8.05. The maximum absolute atomic E-state index is 13.4. The van der Waals surface area contributed by atoms with Crippen molar-refractivity contribution in [1.82, 2.24) is 4.98 Å². The Labute approximate surface area is 178 Å². The van der Waals surface area contributed by atoms with Crippen molar-refractivity contribution >= 4 is 32.5 Å². The van der Waals surface area contributed by atoms with E-state index in [4.69, 9.17) is 4.42 Å². The lowest BCUT2D eigenvalue weighted by Gasteiger charge is -2.24. The Bertz CT molecular complexity index is 1250. The molecule has 0 spiro atoms. The minimum atomic E-state index is -0.0834. The number of nitrogens with one attached hydrogen (secondary N) is 1. The first-order chi connectivity index (χ1) is 14.7. The molecule has 1 aliphatic rings. The van der Waals surface area contributed by atoms with Crippen LogP contribution in [0.25, 0.3) is 31.8 Å². The molecule has 0 amide bonds. The molecule has 2 aromatic heterocycles. The van der Waals surface area contributed by atoms with Crippen LogP contribution in [-0.2, 0) is 13.0 Å². The standard InChI is InChI=1S/C24H24N2O3S/c1-2-15-12-16-22(28)18(24-25-19-8-4-5-9-20(19)30-24)14-29-23(16)17(21(15)27)13-26-10-6-3-7-11-26/h4-5,8-9,12,14,27H,2-3,6-7,10-11,13H2,1H3/p+1. The number of piperidine rings is 1. The third-order valence-electron chi connectivity index (χ3n) is 6.10. The number of aromatic hydroxyl groups is 1. The number of thiazole rings is 1. The van der Waals surface area contributed by atoms with Gasteiger partial charge in [0.2, 0.25) is 5.43 Å². The third kappa shape index (κ3) is 3.30. The van der Waals surface area contributed by atoms with Crippen LogP contribution in [-0.4, -0.2) is 23.2 Å². The average molecular weight is 422 g/mol. The van der Waals surface area contributed by atoms with Crippen molar-refractivity contribution < 1.29 is 14.4 Å². The maximum Gasteiger partial charge on any atom is 0.202 e. The van der Waals surface area contributed by atoms with Gasteiger partial charge in [0.15, 0.2) is 0 Å². The minimum Gasteiger partial charge on any atom is -0.507 e. The molecule has 4 aromatic rings. The van der Waals surface area contributed by atoms with E-state index in [1.807, 2.05) is 31.2 Å². The Morgan fingerprint density at radius 1 is 1.20 bits per heavy atom. The van der Waals surface area contributed by atoms with Crippen LogP contribution in [0.15, 0.2) is 45.8 Å². The van der Waals surface area contributed by atoms with Crippen molar-refractivity contribution in [2.45, 2.75) is 39.2 Å². The number of hydrogen-bond donors (Lipinski definition) is 2. The van der Waals surface area contributed by atoms with Crippen LogP contribution in [0.4, 0.5) is 0 Å². The molecule has 30 heavy (non-hydrogen) atoms. The fourth-order valence-corrected chi connectivity index (χ4v) is 5.41. The minimum absolute atomic E-state index is 0.0834. The number of phenolic OH excluding ortho intramolecular Hbond substituents is 1. The van der Waals surface area contributed by atoms with Crippen LogP contribution in [0, 0.1) is 0 Å². The number of likely N-dealkylation sites (tertiary alicyclic amines) is 1. The molecule has 0 radical (unpaired) electrons.